The molecule has 6 nitrogen and oxygen atoms in total. The molecule has 1 atom stereocenters. The number of rotatable bonds is 5. The zero-order valence-corrected chi connectivity index (χ0v) is 18.0. The van der Waals surface area contributed by atoms with Crippen molar-refractivity contribution in [3.8, 4) is 11.5 Å². The Hall–Kier alpha value is -2.06. The molecule has 29 heavy (non-hydrogen) atoms. The van der Waals surface area contributed by atoms with E-state index in [0.717, 1.165) is 31.4 Å². The Labute approximate surface area is 180 Å². The third kappa shape index (κ3) is 4.28. The molecule has 2 amide bonds. The molecule has 1 aromatic carbocycles. The smallest absolute Gasteiger partial charge is 0.266 e. The van der Waals surface area contributed by atoms with Gasteiger partial charge >= 0.3 is 0 Å². The second-order valence-corrected chi connectivity index (χ2v) is 9.02. The number of ether oxygens (including phenoxy) is 2. The summed E-state index contributed by atoms with van der Waals surface area (Å²) in [7, 11) is 0. The van der Waals surface area contributed by atoms with Crippen LogP contribution in [0.4, 0.5) is 0 Å². The maximum atomic E-state index is 12.8. The van der Waals surface area contributed by atoms with Gasteiger partial charge in [-0.1, -0.05) is 37.0 Å². The van der Waals surface area contributed by atoms with Gasteiger partial charge in [0, 0.05) is 25.6 Å². The van der Waals surface area contributed by atoms with Crippen LogP contribution in [0.1, 0.15) is 44.6 Å². The fourth-order valence-electron chi connectivity index (χ4n) is 3.95. The number of thioether (sulfide) groups is 1. The second-order valence-electron chi connectivity index (χ2n) is 7.34. The summed E-state index contributed by atoms with van der Waals surface area (Å²) in [6.07, 6.45) is 6.40. The zero-order chi connectivity index (χ0) is 20.4. The average molecular weight is 433 g/mol. The number of likely N-dealkylation sites (tertiary alicyclic amines) is 1. The summed E-state index contributed by atoms with van der Waals surface area (Å²) in [5.74, 6) is 1.35. The summed E-state index contributed by atoms with van der Waals surface area (Å²) < 4.78 is 11.2. The van der Waals surface area contributed by atoms with Gasteiger partial charge in [0.2, 0.25) is 12.7 Å². The lowest BCUT2D eigenvalue weighted by Gasteiger charge is -2.35. The van der Waals surface area contributed by atoms with Crippen LogP contribution in [0.5, 0.6) is 11.5 Å². The summed E-state index contributed by atoms with van der Waals surface area (Å²) in [5, 5.41) is 0. The number of hydrogen-bond donors (Lipinski definition) is 0. The van der Waals surface area contributed by atoms with Crippen molar-refractivity contribution < 1.29 is 19.1 Å². The largest absolute Gasteiger partial charge is 0.454 e. The molecule has 3 aliphatic heterocycles. The molecule has 4 rings (SSSR count). The minimum atomic E-state index is -0.142. The molecule has 0 bridgehead atoms. The first-order valence-corrected chi connectivity index (χ1v) is 11.2. The monoisotopic (exact) mass is 432 g/mol. The van der Waals surface area contributed by atoms with Crippen LogP contribution in [0, 0.1) is 0 Å². The van der Waals surface area contributed by atoms with Gasteiger partial charge < -0.3 is 14.4 Å². The third-order valence-corrected chi connectivity index (χ3v) is 6.91. The van der Waals surface area contributed by atoms with Crippen molar-refractivity contribution in [3.05, 3.63) is 28.7 Å². The molecule has 1 aromatic rings. The average Bonchev–Trinajstić information content (AvgIpc) is 3.30. The van der Waals surface area contributed by atoms with E-state index in [2.05, 4.69) is 6.92 Å². The van der Waals surface area contributed by atoms with Crippen molar-refractivity contribution in [2.75, 3.05) is 19.9 Å². The van der Waals surface area contributed by atoms with Crippen molar-refractivity contribution in [2.45, 2.75) is 45.1 Å². The Bertz CT molecular complexity index is 870. The second kappa shape index (κ2) is 8.75. The van der Waals surface area contributed by atoms with E-state index in [1.165, 1.54) is 18.2 Å². The highest BCUT2D eigenvalue weighted by Gasteiger charge is 2.33. The lowest BCUT2D eigenvalue weighted by Crippen LogP contribution is -2.44. The van der Waals surface area contributed by atoms with E-state index in [4.69, 9.17) is 21.7 Å². The van der Waals surface area contributed by atoms with Crippen LogP contribution >= 0.6 is 24.0 Å². The van der Waals surface area contributed by atoms with Gasteiger partial charge in [0.15, 0.2) is 11.5 Å². The molecule has 8 heteroatoms. The van der Waals surface area contributed by atoms with Gasteiger partial charge in [0.1, 0.15) is 4.32 Å². The summed E-state index contributed by atoms with van der Waals surface area (Å²) in [5.41, 5.74) is 0.852. The highest BCUT2D eigenvalue weighted by Crippen LogP contribution is 2.36. The van der Waals surface area contributed by atoms with E-state index in [1.54, 1.807) is 11.0 Å². The van der Waals surface area contributed by atoms with Gasteiger partial charge in [-0.3, -0.25) is 14.5 Å². The predicted molar refractivity (Wildman–Crippen MR) is 117 cm³/mol. The summed E-state index contributed by atoms with van der Waals surface area (Å²) >= 11 is 6.68. The minimum absolute atomic E-state index is 0.116. The first-order valence-electron chi connectivity index (χ1n) is 10.0. The van der Waals surface area contributed by atoms with E-state index in [1.807, 2.05) is 23.1 Å². The van der Waals surface area contributed by atoms with Gasteiger partial charge in [-0.05, 0) is 49.5 Å². The standard InChI is InChI=1S/C21H24N2O4S2/c1-2-15-5-3-4-9-22(15)19(24)8-10-23-20(25)18(29-21(23)28)12-14-6-7-16-17(11-14)27-13-26-16/h6-7,11-12,15H,2-5,8-10,13H2,1H3/b18-12-. The van der Waals surface area contributed by atoms with Crippen LogP contribution < -0.4 is 9.47 Å². The third-order valence-electron chi connectivity index (χ3n) is 5.54. The first kappa shape index (κ1) is 20.2. The van der Waals surface area contributed by atoms with Crippen molar-refractivity contribution in [1.82, 2.24) is 9.80 Å². The van der Waals surface area contributed by atoms with Crippen molar-refractivity contribution in [2.24, 2.45) is 0 Å². The van der Waals surface area contributed by atoms with E-state index >= 15 is 0 Å². The Morgan fingerprint density at radius 2 is 2.14 bits per heavy atom. The number of thiocarbonyl (C=S) groups is 1. The topological polar surface area (TPSA) is 59.1 Å². The number of piperidine rings is 1. The van der Waals surface area contributed by atoms with Gasteiger partial charge in [-0.25, -0.2) is 0 Å². The molecule has 154 valence electrons. The normalized spacial score (nSPS) is 22.7. The molecule has 2 fully saturated rings. The Kier molecular flexibility index (Phi) is 6.10. The maximum Gasteiger partial charge on any atom is 0.266 e. The van der Waals surface area contributed by atoms with Crippen LogP contribution in [-0.2, 0) is 9.59 Å². The van der Waals surface area contributed by atoms with Gasteiger partial charge in [0.05, 0.1) is 4.91 Å². The molecular weight excluding hydrogens is 408 g/mol. The number of benzene rings is 1. The molecule has 0 saturated carbocycles. The van der Waals surface area contributed by atoms with Crippen molar-refractivity contribution in [1.29, 1.82) is 0 Å². The van der Waals surface area contributed by atoms with Crippen molar-refractivity contribution >= 4 is 46.2 Å². The molecule has 0 radical (unpaired) electrons. The molecule has 0 spiro atoms. The number of fused-ring (bicyclic) bond motifs is 1. The van der Waals surface area contributed by atoms with Crippen LogP contribution in [0.3, 0.4) is 0 Å². The number of hydrogen-bond acceptors (Lipinski definition) is 6. The highest BCUT2D eigenvalue weighted by atomic mass is 32.2. The fourth-order valence-corrected chi connectivity index (χ4v) is 5.26. The Morgan fingerprint density at radius 1 is 1.31 bits per heavy atom. The number of carbonyl (C=O) groups is 2. The van der Waals surface area contributed by atoms with Crippen LogP contribution in [0.15, 0.2) is 23.1 Å². The van der Waals surface area contributed by atoms with E-state index < -0.39 is 0 Å². The summed E-state index contributed by atoms with van der Waals surface area (Å²) in [6, 6.07) is 5.88. The molecule has 3 aliphatic rings. The quantitative estimate of drug-likeness (QED) is 0.521. The van der Waals surface area contributed by atoms with Crippen LogP contribution in [-0.4, -0.2) is 51.9 Å². The molecule has 0 aliphatic carbocycles. The SMILES string of the molecule is CCC1CCCCN1C(=O)CCN1C(=O)/C(=C/c2ccc3c(c2)OCO3)SC1=S. The van der Waals surface area contributed by atoms with Crippen molar-refractivity contribution in [3.63, 3.8) is 0 Å². The Balaban J connectivity index is 1.40. The van der Waals surface area contributed by atoms with E-state index in [9.17, 15) is 9.59 Å². The summed E-state index contributed by atoms with van der Waals surface area (Å²) in [4.78, 5) is 29.6. The fraction of sp³-hybridized carbons (Fsp3) is 0.476. The first-order chi connectivity index (χ1) is 14.1. The lowest BCUT2D eigenvalue weighted by atomic mass is 9.99. The van der Waals surface area contributed by atoms with Gasteiger partial charge in [0.25, 0.3) is 5.91 Å². The lowest BCUT2D eigenvalue weighted by molar-refractivity contribution is -0.135. The molecule has 1 unspecified atom stereocenters. The Morgan fingerprint density at radius 3 is 2.97 bits per heavy atom. The zero-order valence-electron chi connectivity index (χ0n) is 16.4. The molecular formula is C21H24N2O4S2. The molecule has 3 heterocycles. The molecule has 2 saturated heterocycles. The maximum absolute atomic E-state index is 12.8. The number of nitrogens with zero attached hydrogens (tertiary/aromatic N) is 2. The number of amides is 2. The highest BCUT2D eigenvalue weighted by molar-refractivity contribution is 8.26. The van der Waals surface area contributed by atoms with Gasteiger partial charge in [-0.2, -0.15) is 0 Å². The summed E-state index contributed by atoms with van der Waals surface area (Å²) in [6.45, 7) is 3.48. The van der Waals surface area contributed by atoms with E-state index in [-0.39, 0.29) is 18.6 Å². The number of carbonyl (C=O) groups excluding carboxylic acids is 2. The van der Waals surface area contributed by atoms with Crippen LogP contribution in [0.2, 0.25) is 0 Å². The predicted octanol–water partition coefficient (Wildman–Crippen LogP) is 3.80. The minimum Gasteiger partial charge on any atom is -0.454 e. The molecule has 0 aromatic heterocycles. The van der Waals surface area contributed by atoms with Crippen LogP contribution in [0.25, 0.3) is 6.08 Å². The molecule has 0 N–H and O–H groups in total. The van der Waals surface area contributed by atoms with Gasteiger partial charge in [-0.15, -0.1) is 0 Å². The van der Waals surface area contributed by atoms with E-state index in [0.29, 0.717) is 39.7 Å².